The van der Waals surface area contributed by atoms with E-state index in [1.807, 2.05) is 50.2 Å². The Morgan fingerprint density at radius 1 is 0.971 bits per heavy atom. The summed E-state index contributed by atoms with van der Waals surface area (Å²) in [7, 11) is 0. The van der Waals surface area contributed by atoms with Gasteiger partial charge in [-0.05, 0) is 42.0 Å². The van der Waals surface area contributed by atoms with Gasteiger partial charge in [-0.1, -0.05) is 56.3 Å². The molecule has 8 nitrogen and oxygen atoms in total. The summed E-state index contributed by atoms with van der Waals surface area (Å²) in [5.74, 6) is -1.51. The van der Waals surface area contributed by atoms with Crippen LogP contribution in [0.15, 0.2) is 54.6 Å². The predicted octanol–water partition coefficient (Wildman–Crippen LogP) is 1.23. The summed E-state index contributed by atoms with van der Waals surface area (Å²) in [6, 6.07) is 14.8. The Balaban J connectivity index is 1.66. The van der Waals surface area contributed by atoms with Crippen molar-refractivity contribution in [2.75, 3.05) is 19.8 Å². The van der Waals surface area contributed by atoms with Gasteiger partial charge in [-0.2, -0.15) is 0 Å². The largest absolute Gasteiger partial charge is 0.394 e. The third-order valence-corrected chi connectivity index (χ3v) is 5.78. The first kappa shape index (κ1) is 25.6. The summed E-state index contributed by atoms with van der Waals surface area (Å²) >= 11 is 0. The minimum atomic E-state index is -1.27. The van der Waals surface area contributed by atoms with Gasteiger partial charge in [-0.25, -0.2) is 0 Å². The first-order valence-corrected chi connectivity index (χ1v) is 11.4. The Bertz CT molecular complexity index is 1000. The number of amides is 2. The molecule has 1 heterocycles. The number of aliphatic hydroxyl groups excluding tert-OH is 2. The molecular weight excluding hydrogens is 436 g/mol. The van der Waals surface area contributed by atoms with Gasteiger partial charge in [0, 0.05) is 5.56 Å². The molecule has 3 atom stereocenters. The van der Waals surface area contributed by atoms with Gasteiger partial charge >= 0.3 is 0 Å². The molecule has 1 saturated heterocycles. The highest BCUT2D eigenvalue weighted by atomic mass is 16.6. The summed E-state index contributed by atoms with van der Waals surface area (Å²) in [5.41, 5.74) is 1.13. The molecule has 182 valence electrons. The fraction of sp³-hybridized carbons (Fsp3) is 0.423. The Morgan fingerprint density at radius 2 is 1.65 bits per heavy atom. The number of hydrogen-bond acceptors (Lipinski definition) is 6. The molecule has 0 bridgehead atoms. The summed E-state index contributed by atoms with van der Waals surface area (Å²) in [4.78, 5) is 38.5. The molecule has 0 radical (unpaired) electrons. The lowest BCUT2D eigenvalue weighted by atomic mass is 9.92. The number of rotatable bonds is 12. The zero-order chi connectivity index (χ0) is 24.7. The van der Waals surface area contributed by atoms with Crippen LogP contribution < -0.4 is 10.6 Å². The van der Waals surface area contributed by atoms with Crippen molar-refractivity contribution in [1.82, 2.24) is 10.6 Å². The lowest BCUT2D eigenvalue weighted by molar-refractivity contribution is -0.133. The van der Waals surface area contributed by atoms with Crippen LogP contribution in [0.5, 0.6) is 0 Å². The summed E-state index contributed by atoms with van der Waals surface area (Å²) in [6.45, 7) is 2.81. The number of ketones is 1. The van der Waals surface area contributed by atoms with E-state index >= 15 is 0 Å². The number of carbonyl (C=O) groups excluding carboxylic acids is 3. The molecule has 0 aromatic heterocycles. The molecule has 1 aliphatic heterocycles. The summed E-state index contributed by atoms with van der Waals surface area (Å²) in [6.07, 6.45) is 0.989. The van der Waals surface area contributed by atoms with Gasteiger partial charge in [0.2, 0.25) is 5.91 Å². The molecule has 4 N–H and O–H groups in total. The van der Waals surface area contributed by atoms with Gasteiger partial charge in [0.25, 0.3) is 5.91 Å². The van der Waals surface area contributed by atoms with Crippen LogP contribution >= 0.6 is 0 Å². The molecule has 34 heavy (non-hydrogen) atoms. The number of benzene rings is 2. The Labute approximate surface area is 199 Å². The van der Waals surface area contributed by atoms with E-state index in [2.05, 4.69) is 10.6 Å². The maximum absolute atomic E-state index is 12.8. The van der Waals surface area contributed by atoms with Gasteiger partial charge in [0.15, 0.2) is 11.4 Å². The minimum Gasteiger partial charge on any atom is -0.394 e. The summed E-state index contributed by atoms with van der Waals surface area (Å²) < 4.78 is 5.14. The fourth-order valence-electron chi connectivity index (χ4n) is 3.78. The second-order valence-electron chi connectivity index (χ2n) is 9.07. The van der Waals surface area contributed by atoms with Crippen molar-refractivity contribution < 1.29 is 29.3 Å². The van der Waals surface area contributed by atoms with E-state index in [4.69, 9.17) is 4.74 Å². The number of carbonyl (C=O) groups is 3. The molecule has 0 spiro atoms. The molecular formula is C26H32N2O6. The summed E-state index contributed by atoms with van der Waals surface area (Å²) in [5, 5.41) is 24.4. The van der Waals surface area contributed by atoms with E-state index in [0.717, 1.165) is 11.1 Å². The zero-order valence-corrected chi connectivity index (χ0v) is 19.5. The molecule has 3 rings (SSSR count). The molecule has 8 heteroatoms. The van der Waals surface area contributed by atoms with Crippen molar-refractivity contribution in [3.05, 3.63) is 71.3 Å². The predicted molar refractivity (Wildman–Crippen MR) is 126 cm³/mol. The molecule has 2 aromatic carbocycles. The van der Waals surface area contributed by atoms with Gasteiger partial charge in [-0.15, -0.1) is 0 Å². The minimum absolute atomic E-state index is 0.0817. The Kier molecular flexibility index (Phi) is 8.55. The van der Waals surface area contributed by atoms with Crippen LogP contribution in [0.1, 0.15) is 41.8 Å². The first-order valence-electron chi connectivity index (χ1n) is 11.4. The zero-order valence-electron chi connectivity index (χ0n) is 19.5. The van der Waals surface area contributed by atoms with E-state index in [1.165, 1.54) is 0 Å². The maximum Gasteiger partial charge on any atom is 0.252 e. The quantitative estimate of drug-likeness (QED) is 0.347. The normalized spacial score (nSPS) is 18.7. The molecule has 0 saturated carbocycles. The standard InChI is InChI=1S/C26H32N2O6/c1-17(2)11-21(23(31)26(15-30)16-34-26)27-25(33)22(14-29)28-24(32)20-10-6-9-19(13-20)12-18-7-4-3-5-8-18/h3-10,13,17,21-22,29-30H,11-12,14-16H2,1-2H3,(H,27,33)(H,28,32)/t21-,22-,26?/m0/s1. The van der Waals surface area contributed by atoms with Crippen LogP contribution in [0.25, 0.3) is 0 Å². The number of aliphatic hydroxyl groups is 2. The van der Waals surface area contributed by atoms with Crippen molar-refractivity contribution >= 4 is 17.6 Å². The molecule has 1 fully saturated rings. The fourth-order valence-corrected chi connectivity index (χ4v) is 3.78. The second kappa shape index (κ2) is 11.4. The smallest absolute Gasteiger partial charge is 0.252 e. The third-order valence-electron chi connectivity index (χ3n) is 5.78. The Morgan fingerprint density at radius 3 is 2.24 bits per heavy atom. The molecule has 2 amide bonds. The highest BCUT2D eigenvalue weighted by Crippen LogP contribution is 2.30. The second-order valence-corrected chi connectivity index (χ2v) is 9.07. The lowest BCUT2D eigenvalue weighted by Crippen LogP contribution is -2.55. The number of hydrogen-bond donors (Lipinski definition) is 4. The average molecular weight is 469 g/mol. The van der Waals surface area contributed by atoms with E-state index in [-0.39, 0.29) is 12.5 Å². The SMILES string of the molecule is CC(C)C[C@H](NC(=O)[C@H](CO)NC(=O)c1cccc(Cc2ccccc2)c1)C(=O)C1(CO)CO1. The van der Waals surface area contributed by atoms with Crippen molar-refractivity contribution in [1.29, 1.82) is 0 Å². The van der Waals surface area contributed by atoms with Crippen LogP contribution in [0.4, 0.5) is 0 Å². The number of epoxide rings is 1. The van der Waals surface area contributed by atoms with Crippen LogP contribution in [0.2, 0.25) is 0 Å². The molecule has 2 aromatic rings. The van der Waals surface area contributed by atoms with Gasteiger partial charge in [-0.3, -0.25) is 14.4 Å². The van der Waals surface area contributed by atoms with Crippen molar-refractivity contribution in [2.45, 2.75) is 44.4 Å². The monoisotopic (exact) mass is 468 g/mol. The number of Topliss-reactive ketones (excluding diaryl/α,β-unsaturated/α-hetero) is 1. The van der Waals surface area contributed by atoms with Gasteiger partial charge < -0.3 is 25.6 Å². The topological polar surface area (TPSA) is 128 Å². The number of nitrogens with one attached hydrogen (secondary N) is 2. The average Bonchev–Trinajstić information content (AvgIpc) is 3.63. The molecule has 1 aliphatic rings. The third kappa shape index (κ3) is 6.50. The molecule has 1 unspecified atom stereocenters. The van der Waals surface area contributed by atoms with Crippen LogP contribution in [-0.4, -0.2) is 65.3 Å². The van der Waals surface area contributed by atoms with E-state index in [9.17, 15) is 24.6 Å². The Hall–Kier alpha value is -3.07. The van der Waals surface area contributed by atoms with Crippen molar-refractivity contribution in [3.63, 3.8) is 0 Å². The first-order chi connectivity index (χ1) is 16.3. The van der Waals surface area contributed by atoms with Crippen LogP contribution in [0, 0.1) is 5.92 Å². The van der Waals surface area contributed by atoms with Crippen LogP contribution in [0.3, 0.4) is 0 Å². The van der Waals surface area contributed by atoms with Gasteiger partial charge in [0.05, 0.1) is 25.9 Å². The molecule has 0 aliphatic carbocycles. The van der Waals surface area contributed by atoms with Crippen LogP contribution in [-0.2, 0) is 20.7 Å². The van der Waals surface area contributed by atoms with Crippen molar-refractivity contribution in [3.8, 4) is 0 Å². The lowest BCUT2D eigenvalue weighted by Gasteiger charge is -2.24. The van der Waals surface area contributed by atoms with Crippen molar-refractivity contribution in [2.24, 2.45) is 5.92 Å². The van der Waals surface area contributed by atoms with E-state index in [1.54, 1.807) is 18.2 Å². The van der Waals surface area contributed by atoms with E-state index < -0.39 is 48.5 Å². The van der Waals surface area contributed by atoms with E-state index in [0.29, 0.717) is 18.4 Å². The van der Waals surface area contributed by atoms with Gasteiger partial charge in [0.1, 0.15) is 6.04 Å². The number of ether oxygens (including phenoxy) is 1. The highest BCUT2D eigenvalue weighted by molar-refractivity contribution is 6.00. The highest BCUT2D eigenvalue weighted by Gasteiger charge is 2.54. The maximum atomic E-state index is 12.8.